The Balaban J connectivity index is 1.44. The second-order valence-electron chi connectivity index (χ2n) is 7.89. The third-order valence-corrected chi connectivity index (χ3v) is 6.80. The van der Waals surface area contributed by atoms with E-state index in [0.717, 1.165) is 48.3 Å². The van der Waals surface area contributed by atoms with Crippen molar-refractivity contribution in [1.82, 2.24) is 9.97 Å². The van der Waals surface area contributed by atoms with Gasteiger partial charge in [-0.1, -0.05) is 37.3 Å². The van der Waals surface area contributed by atoms with Crippen LogP contribution < -0.4 is 10.9 Å². The van der Waals surface area contributed by atoms with Crippen LogP contribution in [-0.2, 0) is 19.3 Å². The molecule has 2 aromatic heterocycles. The molecule has 2 atom stereocenters. The lowest BCUT2D eigenvalue weighted by atomic mass is 9.89. The van der Waals surface area contributed by atoms with Crippen molar-refractivity contribution in [3.63, 3.8) is 0 Å². The van der Waals surface area contributed by atoms with Gasteiger partial charge < -0.3 is 10.3 Å². The van der Waals surface area contributed by atoms with Gasteiger partial charge in [0.25, 0.3) is 5.56 Å². The Kier molecular flexibility index (Phi) is 5.41. The van der Waals surface area contributed by atoms with Crippen molar-refractivity contribution in [3.8, 4) is 0 Å². The molecule has 0 spiro atoms. The van der Waals surface area contributed by atoms with Crippen molar-refractivity contribution in [1.29, 1.82) is 0 Å². The van der Waals surface area contributed by atoms with Crippen molar-refractivity contribution in [2.24, 2.45) is 5.92 Å². The predicted molar refractivity (Wildman–Crippen MR) is 111 cm³/mol. The molecular weight excluding hydrogens is 354 g/mol. The van der Waals surface area contributed by atoms with E-state index in [1.165, 1.54) is 22.4 Å². The second-order valence-corrected chi connectivity index (χ2v) is 8.97. The molecule has 0 radical (unpaired) electrons. The molecule has 0 unspecified atom stereocenters. The Morgan fingerprint density at radius 1 is 1.33 bits per heavy atom. The lowest BCUT2D eigenvalue weighted by Crippen LogP contribution is -2.85. The smallest absolute Gasteiger partial charge is 0.260 e. The normalized spacial score (nSPS) is 17.8. The summed E-state index contributed by atoms with van der Waals surface area (Å²) in [5.41, 5.74) is 2.68. The van der Waals surface area contributed by atoms with Crippen molar-refractivity contribution in [2.45, 2.75) is 52.0 Å². The highest BCUT2D eigenvalue weighted by atomic mass is 32.1. The number of hydrogen-bond donors (Lipinski definition) is 2. The van der Waals surface area contributed by atoms with E-state index in [4.69, 9.17) is 4.98 Å². The average Bonchev–Trinajstić information content (AvgIpc) is 3.03. The number of nitrogens with one attached hydrogen (secondary N) is 1. The van der Waals surface area contributed by atoms with E-state index in [9.17, 15) is 4.79 Å². The quantitative estimate of drug-likeness (QED) is 0.642. The minimum atomic E-state index is 0.0478. The Hall–Kier alpha value is -1.98. The Morgan fingerprint density at radius 3 is 2.96 bits per heavy atom. The summed E-state index contributed by atoms with van der Waals surface area (Å²) in [5, 5.41) is 3.13. The zero-order chi connectivity index (χ0) is 18.8. The van der Waals surface area contributed by atoms with E-state index in [1.807, 2.05) is 0 Å². The number of H-pyrrole nitrogens is 1. The minimum Gasteiger partial charge on any atom is -0.338 e. The fourth-order valence-corrected chi connectivity index (χ4v) is 5.40. The van der Waals surface area contributed by atoms with Gasteiger partial charge in [0, 0.05) is 11.3 Å². The van der Waals surface area contributed by atoms with E-state index in [-0.39, 0.29) is 11.6 Å². The molecule has 1 aliphatic carbocycles. The van der Waals surface area contributed by atoms with Crippen LogP contribution in [0.1, 0.15) is 54.6 Å². The van der Waals surface area contributed by atoms with Gasteiger partial charge >= 0.3 is 0 Å². The fourth-order valence-electron chi connectivity index (χ4n) is 4.01. The number of rotatable bonds is 6. The standard InChI is InChI=1S/C22H27N3OS/c1-14-10-11-17-18(13-14)27-22-19(17)21(26)24-20(25-22)15(2)23-12-6-9-16-7-4-3-5-8-16/h3-5,7-8,14-15,23H,6,9-13H2,1-2H3,(H,24,25,26)/p+1/t14-,15-/m0/s1. The van der Waals surface area contributed by atoms with E-state index < -0.39 is 0 Å². The molecule has 3 N–H and O–H groups in total. The molecule has 27 heavy (non-hydrogen) atoms. The van der Waals surface area contributed by atoms with Crippen LogP contribution in [0.25, 0.3) is 10.2 Å². The molecule has 0 fully saturated rings. The minimum absolute atomic E-state index is 0.0478. The van der Waals surface area contributed by atoms with E-state index in [0.29, 0.717) is 5.92 Å². The molecule has 0 aliphatic heterocycles. The topological polar surface area (TPSA) is 62.4 Å². The highest BCUT2D eigenvalue weighted by Gasteiger charge is 2.24. The van der Waals surface area contributed by atoms with Gasteiger partial charge in [0.05, 0.1) is 11.9 Å². The molecule has 3 aromatic rings. The summed E-state index contributed by atoms with van der Waals surface area (Å²) in [7, 11) is 0. The highest BCUT2D eigenvalue weighted by Crippen LogP contribution is 2.35. The van der Waals surface area contributed by atoms with Gasteiger partial charge in [0.15, 0.2) is 5.82 Å². The third-order valence-electron chi connectivity index (χ3n) is 5.65. The van der Waals surface area contributed by atoms with Crippen molar-refractivity contribution in [2.75, 3.05) is 6.54 Å². The zero-order valence-electron chi connectivity index (χ0n) is 16.1. The summed E-state index contributed by atoms with van der Waals surface area (Å²) in [4.78, 5) is 22.9. The molecule has 0 amide bonds. The molecule has 1 aliphatic rings. The van der Waals surface area contributed by atoms with Gasteiger partial charge in [-0.2, -0.15) is 0 Å². The summed E-state index contributed by atoms with van der Waals surface area (Å²) in [6.45, 7) is 5.45. The summed E-state index contributed by atoms with van der Waals surface area (Å²) in [6.07, 6.45) is 5.48. The van der Waals surface area contributed by atoms with E-state index in [1.54, 1.807) is 11.3 Å². The zero-order valence-corrected chi connectivity index (χ0v) is 16.9. The van der Waals surface area contributed by atoms with Crippen LogP contribution in [-0.4, -0.2) is 16.5 Å². The molecule has 4 rings (SSSR count). The number of benzene rings is 1. The summed E-state index contributed by atoms with van der Waals surface area (Å²) < 4.78 is 0. The lowest BCUT2D eigenvalue weighted by molar-refractivity contribution is -0.694. The third kappa shape index (κ3) is 3.99. The Morgan fingerprint density at radius 2 is 2.15 bits per heavy atom. The van der Waals surface area contributed by atoms with Gasteiger partial charge in [-0.15, -0.1) is 11.3 Å². The van der Waals surface area contributed by atoms with Gasteiger partial charge in [-0.3, -0.25) is 4.79 Å². The Labute approximate surface area is 164 Å². The first kappa shape index (κ1) is 18.4. The largest absolute Gasteiger partial charge is 0.338 e. The lowest BCUT2D eigenvalue weighted by Gasteiger charge is -2.17. The van der Waals surface area contributed by atoms with Crippen LogP contribution in [0, 0.1) is 5.92 Å². The first-order valence-corrected chi connectivity index (χ1v) is 10.8. The molecule has 0 saturated heterocycles. The summed E-state index contributed by atoms with van der Waals surface area (Å²) >= 11 is 1.73. The predicted octanol–water partition coefficient (Wildman–Crippen LogP) is 3.37. The van der Waals surface area contributed by atoms with Crippen molar-refractivity contribution in [3.05, 3.63) is 62.5 Å². The number of aryl methyl sites for hydroxylation is 2. The maximum absolute atomic E-state index is 12.7. The molecule has 142 valence electrons. The van der Waals surface area contributed by atoms with Crippen LogP contribution in [0.2, 0.25) is 0 Å². The maximum atomic E-state index is 12.7. The Bertz CT molecular complexity index is 976. The van der Waals surface area contributed by atoms with Gasteiger partial charge in [0.1, 0.15) is 10.9 Å². The van der Waals surface area contributed by atoms with Crippen LogP contribution in [0.15, 0.2) is 35.1 Å². The molecule has 2 heterocycles. The molecule has 1 aromatic carbocycles. The molecule has 4 nitrogen and oxygen atoms in total. The number of fused-ring (bicyclic) bond motifs is 3. The maximum Gasteiger partial charge on any atom is 0.260 e. The molecule has 0 bridgehead atoms. The van der Waals surface area contributed by atoms with Crippen LogP contribution in [0.4, 0.5) is 0 Å². The van der Waals surface area contributed by atoms with Crippen molar-refractivity contribution >= 4 is 21.6 Å². The molecule has 0 saturated carbocycles. The number of aromatic amines is 1. The van der Waals surface area contributed by atoms with E-state index >= 15 is 0 Å². The summed E-state index contributed by atoms with van der Waals surface area (Å²) in [5.74, 6) is 1.51. The second kappa shape index (κ2) is 7.95. The number of thiophene rings is 1. The van der Waals surface area contributed by atoms with Crippen molar-refractivity contribution < 1.29 is 5.32 Å². The fraction of sp³-hybridized carbons (Fsp3) is 0.455. The van der Waals surface area contributed by atoms with Gasteiger partial charge in [0.2, 0.25) is 0 Å². The van der Waals surface area contributed by atoms with Crippen LogP contribution in [0.5, 0.6) is 0 Å². The van der Waals surface area contributed by atoms with Gasteiger partial charge in [-0.05, 0) is 49.7 Å². The SMILES string of the molecule is C[C@H]1CCc2c(sc3nc([C@H](C)[NH2+]CCCc4ccccc4)[nH]c(=O)c23)C1. The first-order valence-electron chi connectivity index (χ1n) is 10.0. The number of hydrogen-bond acceptors (Lipinski definition) is 3. The first-order chi connectivity index (χ1) is 13.1. The number of aromatic nitrogens is 2. The number of nitrogens with two attached hydrogens (primary N) is 1. The van der Waals surface area contributed by atoms with Gasteiger partial charge in [-0.25, -0.2) is 4.98 Å². The van der Waals surface area contributed by atoms with Crippen LogP contribution in [0.3, 0.4) is 0 Å². The monoisotopic (exact) mass is 382 g/mol. The average molecular weight is 383 g/mol. The van der Waals surface area contributed by atoms with Crippen LogP contribution >= 0.6 is 11.3 Å². The van der Waals surface area contributed by atoms with E-state index in [2.05, 4.69) is 54.5 Å². The summed E-state index contributed by atoms with van der Waals surface area (Å²) in [6, 6.07) is 10.8. The highest BCUT2D eigenvalue weighted by molar-refractivity contribution is 7.18. The number of nitrogens with zero attached hydrogens (tertiary/aromatic N) is 1. The number of quaternary nitrogens is 1. The molecular formula is C22H28N3OS+. The molecule has 5 heteroatoms.